The molecule has 3 aromatic rings. The standard InChI is InChI=1S/C31H37NO4/c1-3-5-6-7-8-15-22-32(30(33)24-36-27-18-13-10-14-19-27)29-21-20-26(25-16-11-9-12-17-25)23-28(29)31(34)35-4-2/h9-14,16-21,23H,3-8,15,22,24H2,1-2H3. The molecule has 0 aliphatic rings. The van der Waals surface area contributed by atoms with Crippen LogP contribution in [0.5, 0.6) is 5.75 Å². The van der Waals surface area contributed by atoms with Crippen LogP contribution in [0.1, 0.15) is 62.7 Å². The molecule has 0 atom stereocenters. The molecule has 0 radical (unpaired) electrons. The summed E-state index contributed by atoms with van der Waals surface area (Å²) in [7, 11) is 0. The maximum Gasteiger partial charge on any atom is 0.340 e. The molecule has 0 spiro atoms. The fourth-order valence-electron chi connectivity index (χ4n) is 4.12. The van der Waals surface area contributed by atoms with Crippen LogP contribution in [-0.4, -0.2) is 31.6 Å². The molecule has 0 aliphatic heterocycles. The van der Waals surface area contributed by atoms with E-state index in [0.29, 0.717) is 23.5 Å². The third-order valence-corrected chi connectivity index (χ3v) is 6.03. The summed E-state index contributed by atoms with van der Waals surface area (Å²) >= 11 is 0. The molecule has 3 aromatic carbocycles. The molecule has 36 heavy (non-hydrogen) atoms. The third-order valence-electron chi connectivity index (χ3n) is 6.03. The molecule has 0 heterocycles. The molecule has 0 saturated carbocycles. The summed E-state index contributed by atoms with van der Waals surface area (Å²) < 4.78 is 11.1. The van der Waals surface area contributed by atoms with Crippen LogP contribution in [0, 0.1) is 0 Å². The van der Waals surface area contributed by atoms with E-state index in [1.165, 1.54) is 19.3 Å². The number of nitrogens with zero attached hydrogens (tertiary/aromatic N) is 1. The van der Waals surface area contributed by atoms with Gasteiger partial charge in [0, 0.05) is 6.54 Å². The summed E-state index contributed by atoms with van der Waals surface area (Å²) in [5, 5.41) is 0. The minimum atomic E-state index is -0.435. The zero-order valence-corrected chi connectivity index (χ0v) is 21.4. The van der Waals surface area contributed by atoms with Crippen LogP contribution in [0.3, 0.4) is 0 Å². The van der Waals surface area contributed by atoms with Gasteiger partial charge in [0.25, 0.3) is 5.91 Å². The fraction of sp³-hybridized carbons (Fsp3) is 0.355. The minimum absolute atomic E-state index is 0.109. The van der Waals surface area contributed by atoms with Crippen LogP contribution < -0.4 is 9.64 Å². The van der Waals surface area contributed by atoms with Crippen LogP contribution in [0.15, 0.2) is 78.9 Å². The molecule has 3 rings (SSSR count). The Morgan fingerprint density at radius 1 is 0.750 bits per heavy atom. The molecule has 0 aromatic heterocycles. The van der Waals surface area contributed by atoms with Gasteiger partial charge in [-0.05, 0) is 48.7 Å². The van der Waals surface area contributed by atoms with Gasteiger partial charge < -0.3 is 14.4 Å². The van der Waals surface area contributed by atoms with E-state index < -0.39 is 5.97 Å². The lowest BCUT2D eigenvalue weighted by Crippen LogP contribution is -2.37. The van der Waals surface area contributed by atoms with Gasteiger partial charge in [-0.3, -0.25) is 4.79 Å². The number of benzene rings is 3. The number of rotatable bonds is 14. The van der Waals surface area contributed by atoms with E-state index in [-0.39, 0.29) is 19.1 Å². The highest BCUT2D eigenvalue weighted by Gasteiger charge is 2.23. The summed E-state index contributed by atoms with van der Waals surface area (Å²) in [6.07, 6.45) is 6.62. The lowest BCUT2D eigenvalue weighted by Gasteiger charge is -2.25. The van der Waals surface area contributed by atoms with Crippen molar-refractivity contribution in [2.75, 3.05) is 24.7 Å². The molecule has 190 valence electrons. The Bertz CT molecular complexity index is 1080. The highest BCUT2D eigenvalue weighted by Crippen LogP contribution is 2.29. The summed E-state index contributed by atoms with van der Waals surface area (Å²) in [6, 6.07) is 24.8. The van der Waals surface area contributed by atoms with Gasteiger partial charge in [0.15, 0.2) is 6.61 Å². The SMILES string of the molecule is CCCCCCCCN(C(=O)COc1ccccc1)c1ccc(-c2ccccc2)cc1C(=O)OCC. The van der Waals surface area contributed by atoms with E-state index in [1.807, 2.05) is 78.9 Å². The van der Waals surface area contributed by atoms with Gasteiger partial charge >= 0.3 is 5.97 Å². The number of hydrogen-bond donors (Lipinski definition) is 0. The highest BCUT2D eigenvalue weighted by atomic mass is 16.5. The van der Waals surface area contributed by atoms with Gasteiger partial charge in [-0.1, -0.05) is 93.6 Å². The smallest absolute Gasteiger partial charge is 0.340 e. The van der Waals surface area contributed by atoms with Crippen molar-refractivity contribution in [1.29, 1.82) is 0 Å². The number of hydrogen-bond acceptors (Lipinski definition) is 4. The first-order valence-electron chi connectivity index (χ1n) is 13.0. The fourth-order valence-corrected chi connectivity index (χ4v) is 4.12. The van der Waals surface area contributed by atoms with Crippen LogP contribution in [0.4, 0.5) is 5.69 Å². The first-order chi connectivity index (χ1) is 17.6. The van der Waals surface area contributed by atoms with Crippen molar-refractivity contribution in [1.82, 2.24) is 0 Å². The first kappa shape index (κ1) is 27.0. The number of unbranched alkanes of at least 4 members (excludes halogenated alkanes) is 5. The Kier molecular flexibility index (Phi) is 11.0. The Morgan fingerprint density at radius 3 is 2.11 bits per heavy atom. The Labute approximate surface area is 215 Å². The second-order valence-electron chi connectivity index (χ2n) is 8.73. The molecule has 0 fully saturated rings. The average molecular weight is 488 g/mol. The quantitative estimate of drug-likeness (QED) is 0.177. The van der Waals surface area contributed by atoms with Crippen molar-refractivity contribution >= 4 is 17.6 Å². The summed E-state index contributed by atoms with van der Waals surface area (Å²) in [4.78, 5) is 28.1. The highest BCUT2D eigenvalue weighted by molar-refractivity contribution is 6.04. The molecule has 0 unspecified atom stereocenters. The van der Waals surface area contributed by atoms with E-state index in [2.05, 4.69) is 6.92 Å². The monoisotopic (exact) mass is 487 g/mol. The lowest BCUT2D eigenvalue weighted by atomic mass is 10.0. The zero-order valence-electron chi connectivity index (χ0n) is 21.4. The van der Waals surface area contributed by atoms with Gasteiger partial charge in [-0.25, -0.2) is 4.79 Å². The van der Waals surface area contributed by atoms with Crippen LogP contribution in [0.25, 0.3) is 11.1 Å². The molecule has 1 amide bonds. The van der Waals surface area contributed by atoms with E-state index in [1.54, 1.807) is 11.8 Å². The van der Waals surface area contributed by atoms with Gasteiger partial charge in [0.2, 0.25) is 0 Å². The number of carbonyl (C=O) groups excluding carboxylic acids is 2. The Balaban J connectivity index is 1.88. The molecule has 0 bridgehead atoms. The van der Waals surface area contributed by atoms with Crippen LogP contribution in [-0.2, 0) is 9.53 Å². The van der Waals surface area contributed by atoms with Gasteiger partial charge in [0.05, 0.1) is 17.9 Å². The number of carbonyl (C=O) groups is 2. The van der Waals surface area contributed by atoms with Crippen molar-refractivity contribution in [2.24, 2.45) is 0 Å². The third kappa shape index (κ3) is 7.98. The second kappa shape index (κ2) is 14.7. The molecule has 0 N–H and O–H groups in total. The van der Waals surface area contributed by atoms with E-state index in [4.69, 9.17) is 9.47 Å². The number of anilines is 1. The van der Waals surface area contributed by atoms with Crippen molar-refractivity contribution in [3.8, 4) is 16.9 Å². The topological polar surface area (TPSA) is 55.8 Å². The maximum atomic E-state index is 13.4. The number of amides is 1. The predicted molar refractivity (Wildman–Crippen MR) is 146 cm³/mol. The van der Waals surface area contributed by atoms with E-state index in [0.717, 1.165) is 30.4 Å². The average Bonchev–Trinajstić information content (AvgIpc) is 2.92. The van der Waals surface area contributed by atoms with Gasteiger partial charge in [-0.2, -0.15) is 0 Å². The summed E-state index contributed by atoms with van der Waals surface area (Å²) in [6.45, 7) is 4.65. The summed E-state index contributed by atoms with van der Waals surface area (Å²) in [5.74, 6) is 0.0100. The van der Waals surface area contributed by atoms with Gasteiger partial charge in [0.1, 0.15) is 5.75 Å². The largest absolute Gasteiger partial charge is 0.484 e. The van der Waals surface area contributed by atoms with E-state index in [9.17, 15) is 9.59 Å². The Hall–Kier alpha value is -3.60. The lowest BCUT2D eigenvalue weighted by molar-refractivity contribution is -0.120. The van der Waals surface area contributed by atoms with E-state index >= 15 is 0 Å². The van der Waals surface area contributed by atoms with Crippen LogP contribution >= 0.6 is 0 Å². The molecular formula is C31H37NO4. The molecule has 0 saturated heterocycles. The zero-order chi connectivity index (χ0) is 25.6. The van der Waals surface area contributed by atoms with Crippen molar-refractivity contribution in [3.63, 3.8) is 0 Å². The van der Waals surface area contributed by atoms with Crippen LogP contribution in [0.2, 0.25) is 0 Å². The maximum absolute atomic E-state index is 13.4. The first-order valence-corrected chi connectivity index (χ1v) is 13.0. The number of para-hydroxylation sites is 1. The normalized spacial score (nSPS) is 10.6. The Morgan fingerprint density at radius 2 is 1.42 bits per heavy atom. The molecule has 5 nitrogen and oxygen atoms in total. The van der Waals surface area contributed by atoms with Gasteiger partial charge in [-0.15, -0.1) is 0 Å². The molecule has 0 aliphatic carbocycles. The van der Waals surface area contributed by atoms with Crippen molar-refractivity contribution in [3.05, 3.63) is 84.4 Å². The van der Waals surface area contributed by atoms with Crippen molar-refractivity contribution in [2.45, 2.75) is 52.4 Å². The second-order valence-corrected chi connectivity index (χ2v) is 8.73. The number of esters is 1. The summed E-state index contributed by atoms with van der Waals surface area (Å²) in [5.41, 5.74) is 2.84. The predicted octanol–water partition coefficient (Wildman–Crippen LogP) is 7.30. The molecule has 5 heteroatoms. The minimum Gasteiger partial charge on any atom is -0.484 e. The number of ether oxygens (including phenoxy) is 2. The van der Waals surface area contributed by atoms with Crippen molar-refractivity contribution < 1.29 is 19.1 Å². The molecular weight excluding hydrogens is 450 g/mol.